The summed E-state index contributed by atoms with van der Waals surface area (Å²) < 4.78 is 6.55. The number of carbonyl (C=O) groups is 3. The smallest absolute Gasteiger partial charge is 0.308 e. The second-order valence-corrected chi connectivity index (χ2v) is 13.2. The first kappa shape index (κ1) is 31.3. The third-order valence-corrected chi connectivity index (χ3v) is 9.02. The van der Waals surface area contributed by atoms with Crippen LogP contribution in [0.3, 0.4) is 0 Å². The van der Waals surface area contributed by atoms with Gasteiger partial charge in [-0.05, 0) is 42.9 Å². The molecule has 1 aromatic carbocycles. The maximum Gasteiger partial charge on any atom is 0.308 e. The van der Waals surface area contributed by atoms with E-state index in [2.05, 4.69) is 39.0 Å². The number of benzene rings is 1. The van der Waals surface area contributed by atoms with Gasteiger partial charge in [0, 0.05) is 63.9 Å². The van der Waals surface area contributed by atoms with Crippen molar-refractivity contribution in [2.75, 3.05) is 73.6 Å². The van der Waals surface area contributed by atoms with E-state index in [1.165, 1.54) is 0 Å². The van der Waals surface area contributed by atoms with Crippen molar-refractivity contribution in [1.29, 1.82) is 0 Å². The van der Waals surface area contributed by atoms with Crippen molar-refractivity contribution in [3.8, 4) is 5.75 Å². The maximum absolute atomic E-state index is 13.8. The van der Waals surface area contributed by atoms with Gasteiger partial charge in [-0.3, -0.25) is 19.3 Å². The summed E-state index contributed by atoms with van der Waals surface area (Å²) >= 11 is 0. The third kappa shape index (κ3) is 8.22. The molecular formula is C32H51N4O5+. The summed E-state index contributed by atoms with van der Waals surface area (Å²) in [7, 11) is 6.49. The lowest BCUT2D eigenvalue weighted by molar-refractivity contribution is -0.870. The van der Waals surface area contributed by atoms with E-state index in [1.807, 2.05) is 21.9 Å². The first-order valence-electron chi connectivity index (χ1n) is 15.7. The van der Waals surface area contributed by atoms with E-state index < -0.39 is 11.9 Å². The van der Waals surface area contributed by atoms with Crippen molar-refractivity contribution in [3.05, 3.63) is 29.3 Å². The number of likely N-dealkylation sites (tertiary alicyclic amines) is 2. The monoisotopic (exact) mass is 571 g/mol. The van der Waals surface area contributed by atoms with Crippen LogP contribution in [0.25, 0.3) is 0 Å². The van der Waals surface area contributed by atoms with Crippen LogP contribution in [-0.4, -0.2) is 122 Å². The van der Waals surface area contributed by atoms with Crippen LogP contribution in [0.15, 0.2) is 18.2 Å². The zero-order valence-electron chi connectivity index (χ0n) is 25.6. The highest BCUT2D eigenvalue weighted by atomic mass is 16.5. The van der Waals surface area contributed by atoms with Gasteiger partial charge in [0.15, 0.2) is 0 Å². The quantitative estimate of drug-likeness (QED) is 0.345. The van der Waals surface area contributed by atoms with Gasteiger partial charge in [0.1, 0.15) is 5.75 Å². The van der Waals surface area contributed by atoms with E-state index >= 15 is 0 Å². The molecule has 0 aromatic heterocycles. The third-order valence-electron chi connectivity index (χ3n) is 9.02. The average molecular weight is 572 g/mol. The minimum atomic E-state index is -0.831. The van der Waals surface area contributed by atoms with Crippen LogP contribution < -0.4 is 4.74 Å². The Balaban J connectivity index is 1.55. The Labute approximate surface area is 246 Å². The number of carbonyl (C=O) groups excluding carboxylic acids is 2. The highest BCUT2D eigenvalue weighted by Gasteiger charge is 2.47. The lowest BCUT2D eigenvalue weighted by Crippen LogP contribution is -2.47. The summed E-state index contributed by atoms with van der Waals surface area (Å²) in [6.07, 6.45) is 6.75. The first-order valence-corrected chi connectivity index (χ1v) is 15.7. The Morgan fingerprint density at radius 3 is 2.61 bits per heavy atom. The second kappa shape index (κ2) is 14.0. The molecule has 3 heterocycles. The standard InChI is InChI=1S/C32H50N4O5/c1-5-6-15-33(17-9-19-36(2,3)4)30(38)23-35-22-26(24-11-12-28-25(21-24)14-20-41-28)31(32(39)40)27(35)13-18-34-16-8-7-10-29(34)37/h11-12,21,26-27,31H,5-10,13-20,22-23H2,1-4H3/p+1/t26-,27+,31-/m1/s1. The van der Waals surface area contributed by atoms with Crippen molar-refractivity contribution in [1.82, 2.24) is 14.7 Å². The minimum Gasteiger partial charge on any atom is -0.493 e. The molecule has 3 aliphatic heterocycles. The number of amides is 2. The number of carboxylic acids is 1. The van der Waals surface area contributed by atoms with E-state index in [4.69, 9.17) is 4.74 Å². The van der Waals surface area contributed by atoms with Gasteiger partial charge in [0.25, 0.3) is 0 Å². The molecule has 0 radical (unpaired) electrons. The fourth-order valence-electron chi connectivity index (χ4n) is 6.73. The minimum absolute atomic E-state index is 0.0750. The number of fused-ring (bicyclic) bond motifs is 1. The molecule has 3 atom stereocenters. The molecule has 4 rings (SSSR count). The Bertz CT molecular complexity index is 1070. The van der Waals surface area contributed by atoms with Gasteiger partial charge in [-0.1, -0.05) is 25.5 Å². The molecule has 9 heteroatoms. The average Bonchev–Trinajstić information content (AvgIpc) is 3.53. The molecule has 0 unspecified atom stereocenters. The summed E-state index contributed by atoms with van der Waals surface area (Å²) in [5, 5.41) is 10.5. The molecule has 0 spiro atoms. The molecule has 228 valence electrons. The molecule has 0 saturated carbocycles. The number of unbranched alkanes of at least 4 members (excludes halogenated alkanes) is 1. The Kier molecular flexibility index (Phi) is 10.7. The van der Waals surface area contributed by atoms with Crippen molar-refractivity contribution < 1.29 is 28.7 Å². The molecule has 0 bridgehead atoms. The summed E-state index contributed by atoms with van der Waals surface area (Å²) in [6.45, 7) is 7.20. The molecule has 0 aliphatic carbocycles. The van der Waals surface area contributed by atoms with Crippen LogP contribution in [0, 0.1) is 5.92 Å². The van der Waals surface area contributed by atoms with Gasteiger partial charge < -0.3 is 24.1 Å². The summed E-state index contributed by atoms with van der Waals surface area (Å²) in [5.41, 5.74) is 2.13. The number of carboxylic acid groups (broad SMARTS) is 1. The summed E-state index contributed by atoms with van der Waals surface area (Å²) in [6, 6.07) is 5.75. The van der Waals surface area contributed by atoms with Crippen LogP contribution in [0.4, 0.5) is 0 Å². The first-order chi connectivity index (χ1) is 19.6. The Morgan fingerprint density at radius 1 is 1.12 bits per heavy atom. The van der Waals surface area contributed by atoms with Gasteiger partial charge in [0.05, 0.1) is 46.8 Å². The Morgan fingerprint density at radius 2 is 1.90 bits per heavy atom. The van der Waals surface area contributed by atoms with Crippen LogP contribution in [-0.2, 0) is 20.8 Å². The van der Waals surface area contributed by atoms with Crippen LogP contribution in [0.5, 0.6) is 5.75 Å². The molecule has 1 N–H and O–H groups in total. The van der Waals surface area contributed by atoms with E-state index in [0.717, 1.165) is 79.5 Å². The lowest BCUT2D eigenvalue weighted by atomic mass is 9.83. The molecule has 2 saturated heterocycles. The van der Waals surface area contributed by atoms with Gasteiger partial charge in [-0.2, -0.15) is 0 Å². The highest BCUT2D eigenvalue weighted by Crippen LogP contribution is 2.41. The Hall–Kier alpha value is -2.65. The number of ether oxygens (including phenoxy) is 1. The fraction of sp³-hybridized carbons (Fsp3) is 0.719. The van der Waals surface area contributed by atoms with Crippen LogP contribution in [0.2, 0.25) is 0 Å². The predicted octanol–water partition coefficient (Wildman–Crippen LogP) is 3.22. The topological polar surface area (TPSA) is 90.4 Å². The number of hydrogen-bond acceptors (Lipinski definition) is 5. The summed E-state index contributed by atoms with van der Waals surface area (Å²) in [5.74, 6) is -0.595. The van der Waals surface area contributed by atoms with Gasteiger partial charge in [-0.25, -0.2) is 0 Å². The lowest BCUT2D eigenvalue weighted by Gasteiger charge is -2.33. The molecule has 1 aromatic rings. The van der Waals surface area contributed by atoms with E-state index in [1.54, 1.807) is 0 Å². The SMILES string of the molecule is CCCCN(CCC[N+](C)(C)C)C(=O)CN1C[C@H](c2ccc3c(c2)CCO3)[C@@H](C(=O)O)[C@@H]1CCN1CCCCC1=O. The number of rotatable bonds is 14. The molecule has 9 nitrogen and oxygen atoms in total. The number of piperidine rings is 1. The molecule has 3 aliphatic rings. The van der Waals surface area contributed by atoms with Gasteiger partial charge >= 0.3 is 5.97 Å². The largest absolute Gasteiger partial charge is 0.493 e. The van der Waals surface area contributed by atoms with Crippen molar-refractivity contribution >= 4 is 17.8 Å². The number of aliphatic carboxylic acids is 1. The molecule has 2 amide bonds. The zero-order valence-corrected chi connectivity index (χ0v) is 25.6. The van der Waals surface area contributed by atoms with E-state index in [0.29, 0.717) is 39.1 Å². The number of quaternary nitrogens is 1. The van der Waals surface area contributed by atoms with Gasteiger partial charge in [-0.15, -0.1) is 0 Å². The zero-order chi connectivity index (χ0) is 29.6. The van der Waals surface area contributed by atoms with Crippen LogP contribution in [0.1, 0.15) is 68.9 Å². The predicted molar refractivity (Wildman–Crippen MR) is 159 cm³/mol. The molecule has 41 heavy (non-hydrogen) atoms. The van der Waals surface area contributed by atoms with Gasteiger partial charge in [0.2, 0.25) is 11.8 Å². The number of nitrogens with zero attached hydrogens (tertiary/aromatic N) is 4. The van der Waals surface area contributed by atoms with Crippen LogP contribution >= 0.6 is 0 Å². The number of hydrogen-bond donors (Lipinski definition) is 1. The van der Waals surface area contributed by atoms with Crippen molar-refractivity contribution in [2.24, 2.45) is 5.92 Å². The van der Waals surface area contributed by atoms with E-state index in [9.17, 15) is 19.5 Å². The maximum atomic E-state index is 13.8. The van der Waals surface area contributed by atoms with E-state index in [-0.39, 0.29) is 30.3 Å². The summed E-state index contributed by atoms with van der Waals surface area (Å²) in [4.78, 5) is 45.2. The molecular weight excluding hydrogens is 520 g/mol. The molecule has 2 fully saturated rings. The fourth-order valence-corrected chi connectivity index (χ4v) is 6.73. The normalized spacial score (nSPS) is 23.0. The van der Waals surface area contributed by atoms with Crippen molar-refractivity contribution in [2.45, 2.75) is 70.3 Å². The highest BCUT2D eigenvalue weighted by molar-refractivity contribution is 5.79. The second-order valence-electron chi connectivity index (χ2n) is 13.2. The van der Waals surface area contributed by atoms with Crippen molar-refractivity contribution in [3.63, 3.8) is 0 Å².